The van der Waals surface area contributed by atoms with Crippen LogP contribution in [-0.2, 0) is 38.0 Å². The first-order valence-electron chi connectivity index (χ1n) is 15.0. The van der Waals surface area contributed by atoms with Gasteiger partial charge in [-0.1, -0.05) is 0 Å². The van der Waals surface area contributed by atoms with Crippen molar-refractivity contribution < 1.29 is 99.2 Å². The first kappa shape index (κ1) is 38.5. The van der Waals surface area contributed by atoms with Gasteiger partial charge in [0, 0.05) is 6.92 Å². The molecular weight excluding hydrogens is 646 g/mol. The highest BCUT2D eigenvalue weighted by atomic mass is 16.8. The van der Waals surface area contributed by atoms with Gasteiger partial charge in [-0.15, -0.1) is 0 Å². The summed E-state index contributed by atoms with van der Waals surface area (Å²) in [4.78, 5) is 12.0. The first-order chi connectivity index (χ1) is 22.1. The van der Waals surface area contributed by atoms with Crippen LogP contribution in [0.4, 0.5) is 0 Å². The monoisotopic (exact) mass is 691 g/mol. The van der Waals surface area contributed by atoms with Crippen molar-refractivity contribution in [3.8, 4) is 0 Å². The number of carbonyl (C=O) groups excluding carboxylic acids is 1. The fourth-order valence-electron chi connectivity index (χ4n) is 5.86. The van der Waals surface area contributed by atoms with Crippen LogP contribution in [0.15, 0.2) is 0 Å². The van der Waals surface area contributed by atoms with Gasteiger partial charge in [-0.05, 0) is 6.92 Å². The van der Waals surface area contributed by atoms with Gasteiger partial charge in [0.2, 0.25) is 5.91 Å². The Morgan fingerprint density at radius 1 is 0.553 bits per heavy atom. The van der Waals surface area contributed by atoms with Crippen LogP contribution in [0.2, 0.25) is 0 Å². The number of nitrogens with one attached hydrogen (secondary N) is 1. The van der Waals surface area contributed by atoms with E-state index in [0.29, 0.717) is 0 Å². The maximum Gasteiger partial charge on any atom is 0.217 e. The number of hydrogen-bond acceptors (Lipinski definition) is 20. The largest absolute Gasteiger partial charge is 0.394 e. The van der Waals surface area contributed by atoms with Gasteiger partial charge in [-0.25, -0.2) is 0 Å². The second-order valence-electron chi connectivity index (χ2n) is 11.9. The van der Waals surface area contributed by atoms with Crippen LogP contribution in [-0.4, -0.2) is 210 Å². The summed E-state index contributed by atoms with van der Waals surface area (Å²) >= 11 is 0. The number of aliphatic hydroxyl groups excluding tert-OH is 12. The second-order valence-corrected chi connectivity index (χ2v) is 11.9. The quantitative estimate of drug-likeness (QED) is 0.101. The van der Waals surface area contributed by atoms with Gasteiger partial charge in [0.25, 0.3) is 0 Å². The maximum absolute atomic E-state index is 12.0. The van der Waals surface area contributed by atoms with Crippen molar-refractivity contribution in [3.05, 3.63) is 0 Å². The molecule has 4 saturated heterocycles. The van der Waals surface area contributed by atoms with Crippen LogP contribution in [0, 0.1) is 0 Å². The van der Waals surface area contributed by atoms with E-state index in [2.05, 4.69) is 5.32 Å². The standard InChI is InChI=1S/C26H45NO20/c1-6-12(32)16(36)18(38)24(41-6)47-22-21(46-25-19(39)17(37)13(33)8(3-28)43-25)15(35)10(5-30)44-26(22)45-20-11(27-7(2)31)23(40)42-9(4-29)14(20)34/h6,8-26,28-30,32-40H,3-5H2,1-2H3,(H,27,31)/t6-,8+,9+,10+,11+,12+,13-,14-,15-,16+,17-,18-,19+,20+,21-,22+,23?,24-,25-,26-/m0/s1. The third kappa shape index (κ3) is 8.04. The fraction of sp³-hybridized carbons (Fsp3) is 0.962. The molecule has 0 saturated carbocycles. The SMILES string of the molecule is CC(=O)N[C@H]1C(O)O[C@H](CO)[C@H](O)[C@@H]1O[C@@H]1O[C@H](CO)[C@H](O)[C@H](O[C@@H]2O[C@H](CO)[C@H](O)[C@H](O)[C@H]2O)[C@H]1O[C@@H]1O[C@@H](C)[C@@H](O)[C@@H](O)[C@@H]1O. The van der Waals surface area contributed by atoms with Gasteiger partial charge in [0.1, 0.15) is 91.5 Å². The van der Waals surface area contributed by atoms with E-state index >= 15 is 0 Å². The lowest BCUT2D eigenvalue weighted by Crippen LogP contribution is -2.69. The minimum absolute atomic E-state index is 0.703. The highest BCUT2D eigenvalue weighted by Crippen LogP contribution is 2.35. The Kier molecular flexibility index (Phi) is 13.2. The topological polar surface area (TPSA) is 336 Å². The highest BCUT2D eigenvalue weighted by Gasteiger charge is 2.56. The Labute approximate surface area is 267 Å². The summed E-state index contributed by atoms with van der Waals surface area (Å²) in [6.07, 6.45) is -33.2. The normalized spacial score (nSPS) is 51.0. The van der Waals surface area contributed by atoms with Crippen molar-refractivity contribution in [2.75, 3.05) is 19.8 Å². The van der Waals surface area contributed by atoms with E-state index in [0.717, 1.165) is 6.92 Å². The van der Waals surface area contributed by atoms with Gasteiger partial charge in [-0.2, -0.15) is 0 Å². The summed E-state index contributed by atoms with van der Waals surface area (Å²) < 4.78 is 39.5. The fourth-order valence-corrected chi connectivity index (χ4v) is 5.86. The van der Waals surface area contributed by atoms with Gasteiger partial charge >= 0.3 is 0 Å². The summed E-state index contributed by atoms with van der Waals surface area (Å²) in [7, 11) is 0. The molecule has 0 bridgehead atoms. The molecule has 0 aromatic heterocycles. The molecule has 47 heavy (non-hydrogen) atoms. The molecule has 274 valence electrons. The van der Waals surface area contributed by atoms with Gasteiger partial charge < -0.3 is 99.8 Å². The highest BCUT2D eigenvalue weighted by molar-refractivity contribution is 5.73. The molecule has 21 nitrogen and oxygen atoms in total. The third-order valence-corrected chi connectivity index (χ3v) is 8.57. The minimum atomic E-state index is -1.99. The predicted molar refractivity (Wildman–Crippen MR) is 144 cm³/mol. The Morgan fingerprint density at radius 2 is 1.00 bits per heavy atom. The summed E-state index contributed by atoms with van der Waals surface area (Å²) in [5.74, 6) is -0.703. The number of aliphatic hydroxyl groups is 12. The van der Waals surface area contributed by atoms with E-state index in [1.807, 2.05) is 0 Å². The van der Waals surface area contributed by atoms with E-state index in [4.69, 9.17) is 33.2 Å². The molecule has 1 unspecified atom stereocenters. The number of amides is 1. The zero-order chi connectivity index (χ0) is 34.9. The van der Waals surface area contributed by atoms with Crippen LogP contribution >= 0.6 is 0 Å². The molecule has 20 atom stereocenters. The number of hydrogen-bond donors (Lipinski definition) is 13. The number of ether oxygens (including phenoxy) is 7. The van der Waals surface area contributed by atoms with Crippen LogP contribution < -0.4 is 5.32 Å². The molecule has 4 fully saturated rings. The van der Waals surface area contributed by atoms with E-state index < -0.39 is 148 Å². The van der Waals surface area contributed by atoms with Crippen LogP contribution in [0.3, 0.4) is 0 Å². The first-order valence-corrected chi connectivity index (χ1v) is 15.0. The molecule has 1 amide bonds. The Morgan fingerprint density at radius 3 is 1.57 bits per heavy atom. The van der Waals surface area contributed by atoms with Crippen molar-refractivity contribution in [1.82, 2.24) is 5.32 Å². The van der Waals surface area contributed by atoms with Crippen LogP contribution in [0.5, 0.6) is 0 Å². The lowest BCUT2D eigenvalue weighted by Gasteiger charge is -2.50. The average Bonchev–Trinajstić information content (AvgIpc) is 3.04. The van der Waals surface area contributed by atoms with E-state index in [-0.39, 0.29) is 0 Å². The summed E-state index contributed by atoms with van der Waals surface area (Å²) in [5, 5.41) is 127. The van der Waals surface area contributed by atoms with Crippen molar-refractivity contribution >= 4 is 5.91 Å². The molecule has 21 heteroatoms. The van der Waals surface area contributed by atoms with Crippen molar-refractivity contribution in [1.29, 1.82) is 0 Å². The maximum atomic E-state index is 12.0. The zero-order valence-corrected chi connectivity index (χ0v) is 25.3. The van der Waals surface area contributed by atoms with Crippen molar-refractivity contribution in [2.45, 2.75) is 137 Å². The van der Waals surface area contributed by atoms with Gasteiger partial charge in [0.05, 0.1) is 25.9 Å². The smallest absolute Gasteiger partial charge is 0.217 e. The van der Waals surface area contributed by atoms with E-state index in [1.54, 1.807) is 0 Å². The lowest BCUT2D eigenvalue weighted by atomic mass is 9.94. The van der Waals surface area contributed by atoms with Crippen molar-refractivity contribution in [3.63, 3.8) is 0 Å². The van der Waals surface area contributed by atoms with Crippen LogP contribution in [0.1, 0.15) is 13.8 Å². The van der Waals surface area contributed by atoms with Gasteiger partial charge in [0.15, 0.2) is 25.2 Å². The molecule has 4 aliphatic rings. The molecule has 0 aromatic carbocycles. The Bertz CT molecular complexity index is 1010. The molecule has 0 spiro atoms. The Hall–Kier alpha value is -1.29. The molecule has 4 rings (SSSR count). The molecular formula is C26H45NO20. The lowest BCUT2D eigenvalue weighted by molar-refractivity contribution is -0.400. The number of carbonyl (C=O) groups is 1. The van der Waals surface area contributed by atoms with E-state index in [1.165, 1.54) is 6.92 Å². The zero-order valence-electron chi connectivity index (χ0n) is 25.3. The second kappa shape index (κ2) is 16.2. The van der Waals surface area contributed by atoms with E-state index in [9.17, 15) is 66.1 Å². The molecule has 4 aliphatic heterocycles. The summed E-state index contributed by atoms with van der Waals surface area (Å²) in [6, 6.07) is -1.52. The predicted octanol–water partition coefficient (Wildman–Crippen LogP) is -8.58. The van der Waals surface area contributed by atoms with Gasteiger partial charge in [-0.3, -0.25) is 4.79 Å². The molecule has 0 aromatic rings. The molecule has 0 aliphatic carbocycles. The molecule has 4 heterocycles. The van der Waals surface area contributed by atoms with Crippen molar-refractivity contribution in [2.24, 2.45) is 0 Å². The number of rotatable bonds is 10. The molecule has 0 radical (unpaired) electrons. The molecule has 13 N–H and O–H groups in total. The van der Waals surface area contributed by atoms with Crippen LogP contribution in [0.25, 0.3) is 0 Å². The summed E-state index contributed by atoms with van der Waals surface area (Å²) in [6.45, 7) is -0.153. The summed E-state index contributed by atoms with van der Waals surface area (Å²) in [5.41, 5.74) is 0. The third-order valence-electron chi connectivity index (χ3n) is 8.57. The average molecular weight is 692 g/mol. The minimum Gasteiger partial charge on any atom is -0.394 e. The Balaban J connectivity index is 1.73.